The van der Waals surface area contributed by atoms with Crippen LogP contribution in [-0.2, 0) is 6.42 Å². The van der Waals surface area contributed by atoms with Crippen molar-refractivity contribution in [2.24, 2.45) is 5.92 Å². The van der Waals surface area contributed by atoms with Crippen molar-refractivity contribution in [3.63, 3.8) is 0 Å². The maximum absolute atomic E-state index is 13.5. The van der Waals surface area contributed by atoms with Gasteiger partial charge in [-0.3, -0.25) is 0 Å². The van der Waals surface area contributed by atoms with Gasteiger partial charge < -0.3 is 0 Å². The highest BCUT2D eigenvalue weighted by Gasteiger charge is 2.15. The summed E-state index contributed by atoms with van der Waals surface area (Å²) in [6, 6.07) is 14.1. The highest BCUT2D eigenvalue weighted by Crippen LogP contribution is 2.30. The molecule has 0 saturated heterocycles. The Hall–Kier alpha value is -2.29. The Kier molecular flexibility index (Phi) is 4.71. The summed E-state index contributed by atoms with van der Waals surface area (Å²) < 4.78 is 40.1. The first-order valence-corrected chi connectivity index (χ1v) is 9.28. The van der Waals surface area contributed by atoms with Gasteiger partial charge in [-0.1, -0.05) is 56.0 Å². The summed E-state index contributed by atoms with van der Waals surface area (Å²) in [6.45, 7) is 0. The fraction of sp³-hybridized carbons (Fsp3) is 0.304. The monoisotopic (exact) mass is 354 g/mol. The van der Waals surface area contributed by atoms with Crippen molar-refractivity contribution < 1.29 is 13.2 Å². The van der Waals surface area contributed by atoms with Crippen LogP contribution in [0, 0.1) is 23.4 Å². The quantitative estimate of drug-likeness (QED) is 0.441. The zero-order chi connectivity index (χ0) is 18.1. The minimum Gasteiger partial charge on any atom is -0.204 e. The Morgan fingerprint density at radius 3 is 2.12 bits per heavy atom. The van der Waals surface area contributed by atoms with Crippen molar-refractivity contribution in [3.05, 3.63) is 71.5 Å². The molecule has 0 nitrogen and oxygen atoms in total. The van der Waals surface area contributed by atoms with E-state index in [1.807, 2.05) is 18.2 Å². The van der Waals surface area contributed by atoms with Gasteiger partial charge in [-0.2, -0.15) is 0 Å². The normalized spacial score (nSPS) is 15.0. The van der Waals surface area contributed by atoms with E-state index in [9.17, 15) is 13.2 Å². The lowest BCUT2D eigenvalue weighted by Crippen LogP contribution is -1.96. The smallest absolute Gasteiger partial charge is 0.194 e. The summed E-state index contributed by atoms with van der Waals surface area (Å²) in [7, 11) is 0. The molecule has 1 aliphatic rings. The lowest BCUT2D eigenvalue weighted by molar-refractivity contribution is 0.448. The van der Waals surface area contributed by atoms with Gasteiger partial charge in [-0.05, 0) is 64.4 Å². The van der Waals surface area contributed by atoms with Gasteiger partial charge in [0.05, 0.1) is 0 Å². The molecule has 0 aromatic heterocycles. The van der Waals surface area contributed by atoms with E-state index in [0.29, 0.717) is 11.1 Å². The fourth-order valence-corrected chi connectivity index (χ4v) is 4.02. The van der Waals surface area contributed by atoms with Crippen LogP contribution in [0.5, 0.6) is 0 Å². The Bertz CT molecular complexity index is 916. The van der Waals surface area contributed by atoms with Gasteiger partial charge in [-0.15, -0.1) is 0 Å². The van der Waals surface area contributed by atoms with E-state index in [1.165, 1.54) is 37.7 Å². The summed E-state index contributed by atoms with van der Waals surface area (Å²) in [5.41, 5.74) is 2.35. The van der Waals surface area contributed by atoms with Crippen LogP contribution < -0.4 is 0 Å². The second-order valence-corrected chi connectivity index (χ2v) is 7.34. The van der Waals surface area contributed by atoms with E-state index < -0.39 is 17.5 Å². The Morgan fingerprint density at radius 2 is 1.38 bits per heavy atom. The first-order chi connectivity index (χ1) is 12.6. The van der Waals surface area contributed by atoms with Gasteiger partial charge >= 0.3 is 0 Å². The van der Waals surface area contributed by atoms with E-state index >= 15 is 0 Å². The molecule has 1 aliphatic carbocycles. The maximum atomic E-state index is 13.5. The third-order valence-electron chi connectivity index (χ3n) is 5.54. The third-order valence-corrected chi connectivity index (χ3v) is 5.54. The van der Waals surface area contributed by atoms with Crippen LogP contribution in [-0.4, -0.2) is 0 Å². The predicted molar refractivity (Wildman–Crippen MR) is 99.5 cm³/mol. The van der Waals surface area contributed by atoms with E-state index in [2.05, 4.69) is 18.2 Å². The van der Waals surface area contributed by atoms with Crippen molar-refractivity contribution in [2.45, 2.75) is 38.5 Å². The number of benzene rings is 3. The zero-order valence-electron chi connectivity index (χ0n) is 14.6. The number of hydrogen-bond acceptors (Lipinski definition) is 0. The minimum absolute atomic E-state index is 0.341. The van der Waals surface area contributed by atoms with Crippen molar-refractivity contribution in [1.29, 1.82) is 0 Å². The lowest BCUT2D eigenvalue weighted by Gasteiger charge is -2.10. The lowest BCUT2D eigenvalue weighted by atomic mass is 9.95. The summed E-state index contributed by atoms with van der Waals surface area (Å²) in [5, 5.41) is 2.12. The van der Waals surface area contributed by atoms with Crippen LogP contribution in [0.3, 0.4) is 0 Å². The largest absolute Gasteiger partial charge is 0.204 e. The molecule has 0 spiro atoms. The summed E-state index contributed by atoms with van der Waals surface area (Å²) in [6.07, 6.45) is 7.81. The van der Waals surface area contributed by atoms with Gasteiger partial charge in [-0.25, -0.2) is 13.2 Å². The zero-order valence-corrected chi connectivity index (χ0v) is 14.6. The average Bonchev–Trinajstić information content (AvgIpc) is 3.17. The Balaban J connectivity index is 1.58. The predicted octanol–water partition coefficient (Wildman–Crippen LogP) is 7.05. The van der Waals surface area contributed by atoms with Crippen molar-refractivity contribution in [1.82, 2.24) is 0 Å². The molecule has 0 atom stereocenters. The first kappa shape index (κ1) is 17.1. The molecule has 3 aromatic rings. The molecular formula is C23H21F3. The first-order valence-electron chi connectivity index (χ1n) is 9.28. The molecule has 0 N–H and O–H groups in total. The van der Waals surface area contributed by atoms with Crippen LogP contribution in [0.4, 0.5) is 13.2 Å². The molecule has 0 amide bonds. The molecule has 0 aliphatic heterocycles. The molecule has 3 aromatic carbocycles. The van der Waals surface area contributed by atoms with Crippen LogP contribution >= 0.6 is 0 Å². The molecule has 0 heterocycles. The number of fused-ring (bicyclic) bond motifs is 1. The van der Waals surface area contributed by atoms with E-state index in [4.69, 9.17) is 0 Å². The van der Waals surface area contributed by atoms with Gasteiger partial charge in [0.1, 0.15) is 0 Å². The fourth-order valence-electron chi connectivity index (χ4n) is 4.02. The molecule has 134 valence electrons. The van der Waals surface area contributed by atoms with Crippen LogP contribution in [0.15, 0.2) is 48.5 Å². The molecule has 0 radical (unpaired) electrons. The number of halogens is 3. The molecule has 4 rings (SSSR count). The third kappa shape index (κ3) is 3.48. The molecule has 1 saturated carbocycles. The Morgan fingerprint density at radius 1 is 0.731 bits per heavy atom. The second kappa shape index (κ2) is 7.14. The van der Waals surface area contributed by atoms with Gasteiger partial charge in [0.15, 0.2) is 17.5 Å². The van der Waals surface area contributed by atoms with Crippen LogP contribution in [0.1, 0.15) is 37.7 Å². The van der Waals surface area contributed by atoms with E-state index in [0.717, 1.165) is 35.2 Å². The summed E-state index contributed by atoms with van der Waals surface area (Å²) >= 11 is 0. The van der Waals surface area contributed by atoms with Gasteiger partial charge in [0.25, 0.3) is 0 Å². The van der Waals surface area contributed by atoms with Gasteiger partial charge in [0.2, 0.25) is 0 Å². The Labute approximate surface area is 151 Å². The van der Waals surface area contributed by atoms with E-state index in [-0.39, 0.29) is 0 Å². The van der Waals surface area contributed by atoms with Gasteiger partial charge in [0, 0.05) is 0 Å². The topological polar surface area (TPSA) is 0 Å². The van der Waals surface area contributed by atoms with Crippen LogP contribution in [0.2, 0.25) is 0 Å². The number of aryl methyl sites for hydroxylation is 1. The minimum atomic E-state index is -1.43. The summed E-state index contributed by atoms with van der Waals surface area (Å²) in [4.78, 5) is 0. The molecule has 1 fully saturated rings. The molecule has 0 unspecified atom stereocenters. The molecule has 26 heavy (non-hydrogen) atoms. The van der Waals surface area contributed by atoms with E-state index in [1.54, 1.807) is 0 Å². The SMILES string of the molecule is Fc1cc(-c2ccc3cc(CCC4CCCC4)ccc3c2)cc(F)c1F. The summed E-state index contributed by atoms with van der Waals surface area (Å²) in [5.74, 6) is -2.89. The van der Waals surface area contributed by atoms with Crippen LogP contribution in [0.25, 0.3) is 21.9 Å². The van der Waals surface area contributed by atoms with Crippen molar-refractivity contribution in [3.8, 4) is 11.1 Å². The maximum Gasteiger partial charge on any atom is 0.194 e. The second-order valence-electron chi connectivity index (χ2n) is 7.34. The molecule has 0 bridgehead atoms. The number of rotatable bonds is 4. The number of hydrogen-bond donors (Lipinski definition) is 0. The van der Waals surface area contributed by atoms with Crippen molar-refractivity contribution >= 4 is 10.8 Å². The average molecular weight is 354 g/mol. The highest BCUT2D eigenvalue weighted by atomic mass is 19.2. The standard InChI is InChI=1S/C23H21F3/c24-21-13-20(14-22(25)23(21)26)19-10-9-17-11-16(7-8-18(17)12-19)6-5-15-3-1-2-4-15/h7-15H,1-6H2. The molecular weight excluding hydrogens is 333 g/mol. The highest BCUT2D eigenvalue weighted by molar-refractivity contribution is 5.87. The van der Waals surface area contributed by atoms with Crippen molar-refractivity contribution in [2.75, 3.05) is 0 Å². The molecule has 3 heteroatoms.